The van der Waals surface area contributed by atoms with Crippen molar-refractivity contribution in [2.75, 3.05) is 0 Å². The molecular weight excluding hydrogens is 281 g/mol. The molecule has 12 heavy (non-hydrogen) atoms. The third-order valence-corrected chi connectivity index (χ3v) is 1.26. The second kappa shape index (κ2) is 6.45. The van der Waals surface area contributed by atoms with Crippen LogP contribution in [-0.4, -0.2) is 91.0 Å². The normalized spacial score (nSPS) is 10.2. The van der Waals surface area contributed by atoms with Crippen LogP contribution in [0.5, 0.6) is 0 Å². The van der Waals surface area contributed by atoms with Gasteiger partial charge in [0, 0.05) is 0 Å². The molecule has 0 atom stereocenters. The molecule has 0 aromatic carbocycles. The molecule has 0 aliphatic rings. The van der Waals surface area contributed by atoms with E-state index in [0.29, 0.717) is 0 Å². The number of hydrogen-bond donors (Lipinski definition) is 2. The Bertz CT molecular complexity index is 158. The van der Waals surface area contributed by atoms with Crippen LogP contribution in [0.2, 0.25) is 0 Å². The van der Waals surface area contributed by atoms with E-state index in [1.54, 1.807) is 13.8 Å². The van der Waals surface area contributed by atoms with E-state index < -0.39 is 17.4 Å². The minimum atomic E-state index is -0.962. The first kappa shape index (κ1) is 15.5. The molecule has 0 saturated carbocycles. The van der Waals surface area contributed by atoms with Crippen LogP contribution in [0.3, 0.4) is 0 Å². The summed E-state index contributed by atoms with van der Waals surface area (Å²) in [6.07, 6.45) is -0.224. The summed E-state index contributed by atoms with van der Waals surface area (Å²) in [6.45, 7) is 3.24. The van der Waals surface area contributed by atoms with Crippen LogP contribution >= 0.6 is 0 Å². The zero-order valence-corrected chi connectivity index (χ0v) is 6.63. The van der Waals surface area contributed by atoms with Crippen LogP contribution in [0.1, 0.15) is 26.7 Å². The molecule has 0 rings (SSSR count). The zero-order valence-electron chi connectivity index (χ0n) is 6.63. The number of carboxylic acids is 2. The molecule has 0 spiro atoms. The van der Waals surface area contributed by atoms with Gasteiger partial charge < -0.3 is 10.2 Å². The molecule has 0 aliphatic carbocycles. The van der Waals surface area contributed by atoms with Crippen molar-refractivity contribution in [1.29, 1.82) is 0 Å². The van der Waals surface area contributed by atoms with Crippen LogP contribution in [0, 0.1) is 5.41 Å². The molecule has 0 saturated heterocycles. The van der Waals surface area contributed by atoms with Gasteiger partial charge in [-0.25, -0.2) is 0 Å². The Balaban J connectivity index is 0. The van der Waals surface area contributed by atoms with E-state index in [1.807, 2.05) is 0 Å². The summed E-state index contributed by atoms with van der Waals surface area (Å²) in [5.74, 6) is -1.92. The molecule has 0 unspecified atom stereocenters. The molecule has 0 aromatic heterocycles. The summed E-state index contributed by atoms with van der Waals surface area (Å²) in [7, 11) is 0. The first-order chi connectivity index (χ1) is 4.83. The van der Waals surface area contributed by atoms with Crippen LogP contribution < -0.4 is 0 Å². The van der Waals surface area contributed by atoms with Gasteiger partial charge in [0.25, 0.3) is 0 Å². The van der Waals surface area contributed by atoms with Gasteiger partial charge in [-0.3, -0.25) is 9.59 Å². The van der Waals surface area contributed by atoms with Gasteiger partial charge in [0.15, 0.2) is 0 Å². The Kier molecular flexibility index (Phi) is 8.31. The molecule has 0 fully saturated rings. The van der Waals surface area contributed by atoms with Gasteiger partial charge in [-0.15, -0.1) is 0 Å². The third-order valence-electron chi connectivity index (χ3n) is 1.26. The van der Waals surface area contributed by atoms with Crippen LogP contribution in [0.25, 0.3) is 0 Å². The first-order valence-corrected chi connectivity index (χ1v) is 3.27. The van der Waals surface area contributed by atoms with Crippen LogP contribution in [-0.2, 0) is 9.59 Å². The molecule has 2 N–H and O–H groups in total. The monoisotopic (exact) mass is 294 g/mol. The molecule has 5 heteroatoms. The maximum absolute atomic E-state index is 10.2. The van der Waals surface area contributed by atoms with E-state index in [9.17, 15) is 9.59 Å². The van der Waals surface area contributed by atoms with Gasteiger partial charge >= 0.3 is 80.8 Å². The molecule has 0 aromatic rings. The minimum absolute atomic E-state index is 0. The fourth-order valence-electron chi connectivity index (χ4n) is 0.881. The molecule has 0 radical (unpaired) electrons. The summed E-state index contributed by atoms with van der Waals surface area (Å²) in [4.78, 5) is 20.4. The van der Waals surface area contributed by atoms with E-state index in [4.69, 9.17) is 10.2 Å². The van der Waals surface area contributed by atoms with Crippen molar-refractivity contribution in [3.05, 3.63) is 0 Å². The van der Waals surface area contributed by atoms with E-state index in [1.165, 1.54) is 0 Å². The first-order valence-electron chi connectivity index (χ1n) is 3.27. The average molecular weight is 294 g/mol. The second-order valence-electron chi connectivity index (χ2n) is 3.31. The van der Waals surface area contributed by atoms with Crippen molar-refractivity contribution >= 4 is 80.8 Å². The predicted octanol–water partition coefficient (Wildman–Crippen LogP) is 0.313. The number of hydrogen-bond acceptors (Lipinski definition) is 2. The van der Waals surface area contributed by atoms with Gasteiger partial charge in [0.1, 0.15) is 0 Å². The van der Waals surface area contributed by atoms with Gasteiger partial charge in [0.05, 0.1) is 12.8 Å². The van der Waals surface area contributed by atoms with Crippen LogP contribution in [0.4, 0.5) is 0 Å². The number of carboxylic acid groups (broad SMARTS) is 2. The SMILES string of the molecule is CC(C)(CC(=O)O)CC(=O)O.[CsH]. The summed E-state index contributed by atoms with van der Waals surface area (Å²) < 4.78 is 0. The summed E-state index contributed by atoms with van der Waals surface area (Å²) in [5.41, 5.74) is -0.655. The second-order valence-corrected chi connectivity index (χ2v) is 3.31. The number of carbonyl (C=O) groups is 2. The van der Waals surface area contributed by atoms with E-state index in [2.05, 4.69) is 0 Å². The van der Waals surface area contributed by atoms with Gasteiger partial charge in [-0.1, -0.05) is 13.8 Å². The Morgan fingerprint density at radius 1 is 1.08 bits per heavy atom. The molecule has 0 heterocycles. The predicted molar refractivity (Wildman–Crippen MR) is 45.4 cm³/mol. The number of rotatable bonds is 4. The summed E-state index contributed by atoms with van der Waals surface area (Å²) in [5, 5.41) is 16.7. The Hall–Kier alpha value is 0.992. The van der Waals surface area contributed by atoms with Crippen molar-refractivity contribution in [2.24, 2.45) is 5.41 Å². The summed E-state index contributed by atoms with van der Waals surface area (Å²) in [6, 6.07) is 0. The molecule has 66 valence electrons. The summed E-state index contributed by atoms with van der Waals surface area (Å²) >= 11 is 0. The van der Waals surface area contributed by atoms with Crippen molar-refractivity contribution in [1.82, 2.24) is 0 Å². The molecule has 0 bridgehead atoms. The van der Waals surface area contributed by atoms with Crippen molar-refractivity contribution < 1.29 is 19.8 Å². The molecule has 0 aliphatic heterocycles. The Morgan fingerprint density at radius 2 is 1.33 bits per heavy atom. The zero-order chi connectivity index (χ0) is 9.07. The van der Waals surface area contributed by atoms with E-state index >= 15 is 0 Å². The van der Waals surface area contributed by atoms with E-state index in [0.717, 1.165) is 0 Å². The number of aliphatic carboxylic acids is 2. The molecule has 4 nitrogen and oxygen atoms in total. The van der Waals surface area contributed by atoms with Gasteiger partial charge in [0.2, 0.25) is 0 Å². The van der Waals surface area contributed by atoms with E-state index in [-0.39, 0.29) is 81.7 Å². The average Bonchev–Trinajstić information content (AvgIpc) is 1.53. The van der Waals surface area contributed by atoms with Gasteiger partial charge in [-0.05, 0) is 5.41 Å². The third kappa shape index (κ3) is 9.08. The fraction of sp³-hybridized carbons (Fsp3) is 0.714. The fourth-order valence-corrected chi connectivity index (χ4v) is 0.881. The Morgan fingerprint density at radius 3 is 1.50 bits per heavy atom. The Labute approximate surface area is 130 Å². The van der Waals surface area contributed by atoms with Gasteiger partial charge in [-0.2, -0.15) is 0 Å². The maximum atomic E-state index is 10.2. The quantitative estimate of drug-likeness (QED) is 0.783. The van der Waals surface area contributed by atoms with Crippen molar-refractivity contribution in [2.45, 2.75) is 26.7 Å². The van der Waals surface area contributed by atoms with Crippen molar-refractivity contribution in [3.8, 4) is 0 Å². The molecule has 0 amide bonds. The standard InChI is InChI=1S/C7H12O4.Cs.H/c1-7(2,3-5(8)9)4-6(10)11;;/h3-4H2,1-2H3,(H,8,9)(H,10,11);;. The van der Waals surface area contributed by atoms with Crippen LogP contribution in [0.15, 0.2) is 0 Å². The molecular formula is C7H13CsO4. The topological polar surface area (TPSA) is 74.6 Å². The van der Waals surface area contributed by atoms with Crippen molar-refractivity contribution in [3.63, 3.8) is 0 Å².